The maximum atomic E-state index is 14.3. The Morgan fingerprint density at radius 2 is 1.60 bits per heavy atom. The van der Waals surface area contributed by atoms with Gasteiger partial charge in [-0.1, -0.05) is 64.2 Å². The first-order chi connectivity index (χ1) is 29.5. The number of methoxy groups -OCH3 is 2. The molecule has 6 aliphatic heterocycles. The largest absolute Gasteiger partial charge is 0.462 e. The molecule has 14 nitrogen and oxygen atoms in total. The maximum absolute atomic E-state index is 14.3. The van der Waals surface area contributed by atoms with Gasteiger partial charge in [-0.2, -0.15) is 0 Å². The zero-order valence-electron chi connectivity index (χ0n) is 38.6. The molecule has 4 saturated heterocycles. The molecular formula is C48H73NO13. The number of fused-ring (bicyclic) bond motifs is 2. The second-order valence-electron chi connectivity index (χ2n) is 19.1. The van der Waals surface area contributed by atoms with E-state index in [0.29, 0.717) is 43.3 Å². The minimum Gasteiger partial charge on any atom is -0.462 e. The summed E-state index contributed by atoms with van der Waals surface area (Å²) in [7, 11) is 5.30. The fourth-order valence-corrected chi connectivity index (χ4v) is 10.9. The first-order valence-corrected chi connectivity index (χ1v) is 22.9. The Balaban J connectivity index is 1.17. The summed E-state index contributed by atoms with van der Waals surface area (Å²) in [6, 6.07) is 0.0445. The summed E-state index contributed by atoms with van der Waals surface area (Å²) in [5.74, 6) is -2.56. The standard InChI is InChI=1S/C48H73NO13/c1-25(2)42-28(5)17-18-47(62-42)23-34-20-33(61-47)16-15-27(4)43(26(3)13-12-14-32-24-55-45-41(50)29(6)19-35(46(51)58-34)48(32,45)52)59-39-22-37(54-11)44(31(8)57-39)60-38-21-36(53-10)40(49-9)30(7)56-38/h12-15,17-19,25-26,28,30-31,33-45,49-50,52H,16,20-24H2,1-11H3/b13-12+,27-15+,32-14?/t26-,28-,30-,31-,33+,34-,35-,36-,37-,38-,39-,40+,41+,42+,43-,44-,45+,47+,48+/m0/s1. The molecule has 3 N–H and O–H groups in total. The molecule has 2 bridgehead atoms. The van der Waals surface area contributed by atoms with E-state index in [9.17, 15) is 15.0 Å². The van der Waals surface area contributed by atoms with Crippen molar-refractivity contribution in [3.63, 3.8) is 0 Å². The van der Waals surface area contributed by atoms with Crippen LogP contribution in [0.2, 0.25) is 0 Å². The van der Waals surface area contributed by atoms with Crippen molar-refractivity contribution in [2.24, 2.45) is 23.7 Å². The lowest BCUT2D eigenvalue weighted by Crippen LogP contribution is -2.58. The summed E-state index contributed by atoms with van der Waals surface area (Å²) in [6.45, 7) is 16.3. The van der Waals surface area contributed by atoms with Crippen molar-refractivity contribution in [2.75, 3.05) is 27.9 Å². The van der Waals surface area contributed by atoms with Crippen LogP contribution in [-0.2, 0) is 52.2 Å². The van der Waals surface area contributed by atoms with Crippen LogP contribution in [-0.4, -0.2) is 141 Å². The van der Waals surface area contributed by atoms with E-state index in [1.165, 1.54) is 0 Å². The fraction of sp³-hybridized carbons (Fsp3) is 0.771. The van der Waals surface area contributed by atoms with E-state index in [0.717, 1.165) is 5.57 Å². The quantitative estimate of drug-likeness (QED) is 0.215. The summed E-state index contributed by atoms with van der Waals surface area (Å²) < 4.78 is 64.3. The summed E-state index contributed by atoms with van der Waals surface area (Å²) >= 11 is 0. The van der Waals surface area contributed by atoms with Crippen LogP contribution in [0, 0.1) is 23.7 Å². The van der Waals surface area contributed by atoms with Gasteiger partial charge in [0.25, 0.3) is 0 Å². The second kappa shape index (κ2) is 19.7. The molecule has 348 valence electrons. The van der Waals surface area contributed by atoms with E-state index in [1.54, 1.807) is 33.3 Å². The van der Waals surface area contributed by atoms with Gasteiger partial charge >= 0.3 is 5.97 Å². The molecule has 0 aromatic heterocycles. The normalized spacial score (nSPS) is 47.9. The van der Waals surface area contributed by atoms with E-state index in [4.69, 9.17) is 47.4 Å². The van der Waals surface area contributed by atoms with Gasteiger partial charge in [0, 0.05) is 51.7 Å². The number of ether oxygens (including phenoxy) is 10. The molecule has 19 atom stereocenters. The van der Waals surface area contributed by atoms with Crippen molar-refractivity contribution in [1.29, 1.82) is 0 Å². The van der Waals surface area contributed by atoms with Crippen molar-refractivity contribution < 1.29 is 62.4 Å². The Morgan fingerprint density at radius 3 is 2.31 bits per heavy atom. The highest BCUT2D eigenvalue weighted by Gasteiger charge is 2.60. The Kier molecular flexibility index (Phi) is 15.1. The van der Waals surface area contributed by atoms with E-state index < -0.39 is 66.4 Å². The number of esters is 1. The Bertz CT molecular complexity index is 1730. The van der Waals surface area contributed by atoms with Gasteiger partial charge in [0.2, 0.25) is 0 Å². The Morgan fingerprint density at radius 1 is 0.887 bits per heavy atom. The lowest BCUT2D eigenvalue weighted by molar-refractivity contribution is -0.312. The molecule has 62 heavy (non-hydrogen) atoms. The summed E-state index contributed by atoms with van der Waals surface area (Å²) in [5.41, 5.74) is 0.176. The zero-order valence-corrected chi connectivity index (χ0v) is 38.6. The van der Waals surface area contributed by atoms with Gasteiger partial charge in [0.05, 0.1) is 55.4 Å². The summed E-state index contributed by atoms with van der Waals surface area (Å²) in [6.07, 6.45) is 9.72. The van der Waals surface area contributed by atoms with Crippen LogP contribution >= 0.6 is 0 Å². The number of hydrogen-bond acceptors (Lipinski definition) is 14. The highest BCUT2D eigenvalue weighted by molar-refractivity contribution is 5.78. The number of aliphatic hydroxyl groups is 2. The number of carbonyl (C=O) groups is 1. The third-order valence-electron chi connectivity index (χ3n) is 14.3. The predicted octanol–water partition coefficient (Wildman–Crippen LogP) is 5.21. The lowest BCUT2D eigenvalue weighted by Gasteiger charge is -2.48. The molecule has 0 radical (unpaired) electrons. The monoisotopic (exact) mass is 872 g/mol. The topological polar surface area (TPSA) is 162 Å². The van der Waals surface area contributed by atoms with E-state index in [2.05, 4.69) is 52.1 Å². The van der Waals surface area contributed by atoms with E-state index in [-0.39, 0.29) is 67.0 Å². The van der Waals surface area contributed by atoms with E-state index in [1.807, 2.05) is 39.1 Å². The molecule has 0 aromatic rings. The third-order valence-corrected chi connectivity index (χ3v) is 14.3. The number of allylic oxidation sites excluding steroid dienone is 2. The van der Waals surface area contributed by atoms with Gasteiger partial charge in [-0.15, -0.1) is 0 Å². The second-order valence-corrected chi connectivity index (χ2v) is 19.1. The van der Waals surface area contributed by atoms with Crippen molar-refractivity contribution in [3.8, 4) is 0 Å². The third kappa shape index (κ3) is 9.64. The average Bonchev–Trinajstić information content (AvgIpc) is 3.57. The van der Waals surface area contributed by atoms with Crippen molar-refractivity contribution in [2.45, 2.75) is 185 Å². The zero-order chi connectivity index (χ0) is 44.7. The number of hydrogen-bond donors (Lipinski definition) is 3. The SMILES string of the molecule is CN[C@@H]1[C@H](C)O[C@@H](O[C@H]2[C@H](C)O[C@@H](O[C@@H]3/C(C)=C/C[C@@H]4C[C@@H](C[C@]5(C=C[C@H](C)[C@@H](C(C)C)O5)O4)OC(=O)[C@@H]4C=C(C)[C@@H](O)[C@H]5OCC(=C/C=C/[C@@H]3C)[C@]54O)C[C@@H]2OC)C[C@@H]1OC. The maximum Gasteiger partial charge on any atom is 0.316 e. The molecule has 1 spiro atoms. The van der Waals surface area contributed by atoms with Crippen LogP contribution in [0.5, 0.6) is 0 Å². The van der Waals surface area contributed by atoms with E-state index >= 15 is 0 Å². The number of carbonyl (C=O) groups excluding carboxylic acids is 1. The fourth-order valence-electron chi connectivity index (χ4n) is 10.9. The van der Waals surface area contributed by atoms with Crippen LogP contribution < -0.4 is 5.32 Å². The highest BCUT2D eigenvalue weighted by atomic mass is 16.7. The van der Waals surface area contributed by atoms with Crippen LogP contribution in [0.25, 0.3) is 0 Å². The van der Waals surface area contributed by atoms with Crippen molar-refractivity contribution >= 4 is 5.97 Å². The first-order valence-electron chi connectivity index (χ1n) is 22.9. The van der Waals surface area contributed by atoms with Crippen LogP contribution in [0.15, 0.2) is 59.3 Å². The van der Waals surface area contributed by atoms with Gasteiger partial charge in [-0.3, -0.25) is 4.79 Å². The predicted molar refractivity (Wildman–Crippen MR) is 230 cm³/mol. The Labute approximate surface area is 368 Å². The van der Waals surface area contributed by atoms with Crippen LogP contribution in [0.3, 0.4) is 0 Å². The van der Waals surface area contributed by atoms with Crippen molar-refractivity contribution in [3.05, 3.63) is 59.3 Å². The minimum atomic E-state index is -1.83. The van der Waals surface area contributed by atoms with Gasteiger partial charge in [0.15, 0.2) is 18.4 Å². The van der Waals surface area contributed by atoms with Gasteiger partial charge in [-0.05, 0) is 69.9 Å². The molecular weight excluding hydrogens is 799 g/mol. The van der Waals surface area contributed by atoms with Crippen molar-refractivity contribution in [1.82, 2.24) is 5.32 Å². The molecule has 7 rings (SSSR count). The lowest BCUT2D eigenvalue weighted by atomic mass is 9.71. The summed E-state index contributed by atoms with van der Waals surface area (Å²) in [4.78, 5) is 14.3. The summed E-state index contributed by atoms with van der Waals surface area (Å²) in [5, 5.41) is 27.0. The van der Waals surface area contributed by atoms with Crippen LogP contribution in [0.4, 0.5) is 0 Å². The molecule has 4 fully saturated rings. The molecule has 6 heterocycles. The minimum absolute atomic E-state index is 0.0407. The van der Waals surface area contributed by atoms with Gasteiger partial charge in [-0.25, -0.2) is 0 Å². The molecule has 0 aromatic carbocycles. The molecule has 0 saturated carbocycles. The molecule has 0 amide bonds. The first kappa shape index (κ1) is 47.6. The molecule has 14 heteroatoms. The number of nitrogens with one attached hydrogen (secondary N) is 1. The molecule has 0 unspecified atom stereocenters. The molecule has 1 aliphatic carbocycles. The smallest absolute Gasteiger partial charge is 0.316 e. The van der Waals surface area contributed by atoms with Gasteiger partial charge in [0.1, 0.15) is 35.9 Å². The molecule has 7 aliphatic rings. The number of aliphatic hydroxyl groups excluding tert-OH is 1. The highest BCUT2D eigenvalue weighted by Crippen LogP contribution is 2.47. The van der Waals surface area contributed by atoms with Gasteiger partial charge < -0.3 is 62.9 Å². The average molecular weight is 872 g/mol. The Hall–Kier alpha value is -2.31. The number of rotatable bonds is 8. The number of likely N-dealkylation sites (N-methyl/N-ethyl adjacent to an activating group) is 1. The van der Waals surface area contributed by atoms with Crippen LogP contribution in [0.1, 0.15) is 87.5 Å².